The Morgan fingerprint density at radius 3 is 2.16 bits per heavy atom. The predicted octanol–water partition coefficient (Wildman–Crippen LogP) is 3.32. The van der Waals surface area contributed by atoms with Crippen LogP contribution >= 0.6 is 0 Å². The highest BCUT2D eigenvalue weighted by Gasteiger charge is 2.38. The quantitative estimate of drug-likeness (QED) is 0.618. The fraction of sp³-hybridized carbons (Fsp3) is 0.500. The summed E-state index contributed by atoms with van der Waals surface area (Å²) >= 11 is 0. The van der Waals surface area contributed by atoms with Crippen LogP contribution in [0.3, 0.4) is 0 Å². The Morgan fingerprint density at radius 1 is 1.16 bits per heavy atom. The smallest absolute Gasteiger partial charge is 0.314 e. The van der Waals surface area contributed by atoms with Gasteiger partial charge in [-0.2, -0.15) is 0 Å². The van der Waals surface area contributed by atoms with Gasteiger partial charge >= 0.3 is 11.9 Å². The van der Waals surface area contributed by atoms with Gasteiger partial charge < -0.3 is 4.74 Å². The molecule has 1 atom stereocenters. The zero-order valence-corrected chi connectivity index (χ0v) is 11.7. The minimum Gasteiger partial charge on any atom is -0.393 e. The molecule has 0 saturated carbocycles. The molecule has 1 saturated heterocycles. The molecule has 3 heteroatoms. The minimum atomic E-state index is -0.430. The molecule has 0 aliphatic carbocycles. The first-order valence-corrected chi connectivity index (χ1v) is 6.78. The topological polar surface area (TPSA) is 43.4 Å². The van der Waals surface area contributed by atoms with E-state index in [4.69, 9.17) is 0 Å². The molecule has 1 aromatic rings. The molecule has 1 unspecified atom stereocenters. The second-order valence-electron chi connectivity index (χ2n) is 5.69. The highest BCUT2D eigenvalue weighted by Crippen LogP contribution is 2.35. The average Bonchev–Trinajstić information content (AvgIpc) is 2.36. The Labute approximate surface area is 114 Å². The Hall–Kier alpha value is -1.64. The van der Waals surface area contributed by atoms with E-state index in [9.17, 15) is 9.59 Å². The molecule has 1 fully saturated rings. The Morgan fingerprint density at radius 2 is 1.68 bits per heavy atom. The maximum absolute atomic E-state index is 11.4. The van der Waals surface area contributed by atoms with Crippen molar-refractivity contribution in [1.29, 1.82) is 0 Å². The first kappa shape index (κ1) is 13.8. The van der Waals surface area contributed by atoms with Crippen molar-refractivity contribution < 1.29 is 14.3 Å². The molecule has 0 bridgehead atoms. The van der Waals surface area contributed by atoms with Gasteiger partial charge in [-0.15, -0.1) is 0 Å². The molecule has 2 rings (SSSR count). The molecule has 1 heterocycles. The number of hydrogen-bond donors (Lipinski definition) is 0. The van der Waals surface area contributed by atoms with Gasteiger partial charge in [0.05, 0.1) is 12.8 Å². The van der Waals surface area contributed by atoms with Gasteiger partial charge in [0.1, 0.15) is 0 Å². The summed E-state index contributed by atoms with van der Waals surface area (Å²) in [6, 6.07) is 8.26. The molecule has 3 nitrogen and oxygen atoms in total. The van der Waals surface area contributed by atoms with Gasteiger partial charge in [-0.1, -0.05) is 45.0 Å². The molecule has 1 aliphatic rings. The third kappa shape index (κ3) is 2.86. The molecule has 0 radical (unpaired) electrons. The lowest BCUT2D eigenvalue weighted by Gasteiger charge is -2.31. The van der Waals surface area contributed by atoms with Crippen LogP contribution in [0.2, 0.25) is 0 Å². The van der Waals surface area contributed by atoms with Crippen LogP contribution in [-0.4, -0.2) is 11.9 Å². The molecule has 1 aromatic carbocycles. The average molecular weight is 260 g/mol. The first-order valence-electron chi connectivity index (χ1n) is 6.78. The van der Waals surface area contributed by atoms with Crippen LogP contribution in [0.15, 0.2) is 24.3 Å². The summed E-state index contributed by atoms with van der Waals surface area (Å²) in [5.41, 5.74) is 1.89. The lowest BCUT2D eigenvalue weighted by atomic mass is 9.75. The number of ether oxygens (including phenoxy) is 1. The summed E-state index contributed by atoms with van der Waals surface area (Å²) in [5.74, 6) is -0.325. The molecule has 1 aliphatic heterocycles. The molecule has 102 valence electrons. The van der Waals surface area contributed by atoms with Crippen LogP contribution in [0.25, 0.3) is 0 Å². The van der Waals surface area contributed by atoms with Crippen molar-refractivity contribution in [3.8, 4) is 0 Å². The number of esters is 2. The van der Waals surface area contributed by atoms with Crippen LogP contribution in [0.1, 0.15) is 57.1 Å². The molecule has 0 N–H and O–H groups in total. The van der Waals surface area contributed by atoms with Crippen molar-refractivity contribution >= 4 is 11.9 Å². The molecule has 0 amide bonds. The van der Waals surface area contributed by atoms with Crippen molar-refractivity contribution in [3.05, 3.63) is 35.4 Å². The lowest BCUT2D eigenvalue weighted by molar-refractivity contribution is -0.166. The van der Waals surface area contributed by atoms with Crippen LogP contribution in [-0.2, 0) is 19.7 Å². The Kier molecular flexibility index (Phi) is 3.74. The number of carbonyl (C=O) groups is 2. The SMILES string of the molecule is CCC(C)c1ccc(C2(C)CC(=O)OC(=O)C2)cc1. The number of carbonyl (C=O) groups excluding carboxylic acids is 2. The second kappa shape index (κ2) is 5.16. The monoisotopic (exact) mass is 260 g/mol. The van der Waals surface area contributed by atoms with Crippen LogP contribution in [0, 0.1) is 0 Å². The van der Waals surface area contributed by atoms with E-state index in [2.05, 4.69) is 30.7 Å². The largest absolute Gasteiger partial charge is 0.393 e. The zero-order chi connectivity index (χ0) is 14.0. The van der Waals surface area contributed by atoms with E-state index in [0.29, 0.717) is 5.92 Å². The van der Waals surface area contributed by atoms with Gasteiger partial charge in [0.2, 0.25) is 0 Å². The van der Waals surface area contributed by atoms with Gasteiger partial charge in [-0.3, -0.25) is 9.59 Å². The highest BCUT2D eigenvalue weighted by atomic mass is 16.6. The van der Waals surface area contributed by atoms with Crippen LogP contribution in [0.4, 0.5) is 0 Å². The van der Waals surface area contributed by atoms with Gasteiger partial charge in [-0.25, -0.2) is 0 Å². The van der Waals surface area contributed by atoms with Gasteiger partial charge in [0.25, 0.3) is 0 Å². The van der Waals surface area contributed by atoms with Crippen LogP contribution in [0.5, 0.6) is 0 Å². The van der Waals surface area contributed by atoms with E-state index < -0.39 is 17.4 Å². The number of cyclic esters (lactones) is 2. The fourth-order valence-corrected chi connectivity index (χ4v) is 2.55. The molecule has 0 spiro atoms. The summed E-state index contributed by atoms with van der Waals surface area (Å²) in [6.45, 7) is 6.30. The summed E-state index contributed by atoms with van der Waals surface area (Å²) in [4.78, 5) is 22.9. The Bertz CT molecular complexity index is 471. The van der Waals surface area contributed by atoms with Crippen molar-refractivity contribution in [3.63, 3.8) is 0 Å². The van der Waals surface area contributed by atoms with Crippen molar-refractivity contribution in [1.82, 2.24) is 0 Å². The molecule has 19 heavy (non-hydrogen) atoms. The number of rotatable bonds is 3. The minimum absolute atomic E-state index is 0.265. The van der Waals surface area contributed by atoms with E-state index in [1.54, 1.807) is 0 Å². The van der Waals surface area contributed by atoms with Gasteiger partial charge in [-0.05, 0) is 23.5 Å². The standard InChI is InChI=1S/C16H20O3/c1-4-11(2)12-5-7-13(8-6-12)16(3)9-14(17)19-15(18)10-16/h5-8,11H,4,9-10H2,1-3H3. The normalized spacial score (nSPS) is 19.9. The van der Waals surface area contributed by atoms with Crippen LogP contribution < -0.4 is 0 Å². The summed E-state index contributed by atoms with van der Waals surface area (Å²) < 4.78 is 4.60. The second-order valence-corrected chi connectivity index (χ2v) is 5.69. The van der Waals surface area contributed by atoms with E-state index in [0.717, 1.165) is 12.0 Å². The van der Waals surface area contributed by atoms with E-state index >= 15 is 0 Å². The third-order valence-corrected chi connectivity index (χ3v) is 4.09. The maximum atomic E-state index is 11.4. The Balaban J connectivity index is 2.25. The molecular weight excluding hydrogens is 240 g/mol. The lowest BCUT2D eigenvalue weighted by Crippen LogP contribution is -2.36. The number of benzene rings is 1. The van der Waals surface area contributed by atoms with Crippen molar-refractivity contribution in [2.75, 3.05) is 0 Å². The summed E-state index contributed by atoms with van der Waals surface area (Å²) in [7, 11) is 0. The number of hydrogen-bond acceptors (Lipinski definition) is 3. The zero-order valence-electron chi connectivity index (χ0n) is 11.7. The molecular formula is C16H20O3. The third-order valence-electron chi connectivity index (χ3n) is 4.09. The first-order chi connectivity index (χ1) is 8.94. The maximum Gasteiger partial charge on any atom is 0.314 e. The summed E-state index contributed by atoms with van der Waals surface area (Å²) in [5, 5.41) is 0. The van der Waals surface area contributed by atoms with E-state index in [1.807, 2.05) is 19.1 Å². The predicted molar refractivity (Wildman–Crippen MR) is 72.8 cm³/mol. The molecule has 0 aromatic heterocycles. The summed E-state index contributed by atoms with van der Waals surface area (Å²) in [6.07, 6.45) is 1.63. The van der Waals surface area contributed by atoms with E-state index in [1.165, 1.54) is 5.56 Å². The van der Waals surface area contributed by atoms with Crippen molar-refractivity contribution in [2.45, 2.75) is 51.4 Å². The van der Waals surface area contributed by atoms with E-state index in [-0.39, 0.29) is 12.8 Å². The fourth-order valence-electron chi connectivity index (χ4n) is 2.55. The van der Waals surface area contributed by atoms with Gasteiger partial charge in [0.15, 0.2) is 0 Å². The highest BCUT2D eigenvalue weighted by molar-refractivity contribution is 5.90. The van der Waals surface area contributed by atoms with Crippen molar-refractivity contribution in [2.24, 2.45) is 0 Å². The van der Waals surface area contributed by atoms with Gasteiger partial charge in [0, 0.05) is 5.41 Å².